The lowest BCUT2D eigenvalue weighted by atomic mass is 9.84. The molecular formula is C25H28ClNO5. The summed E-state index contributed by atoms with van der Waals surface area (Å²) in [6.45, 7) is 1.74. The Morgan fingerprint density at radius 1 is 1.09 bits per heavy atom. The molecule has 1 aliphatic heterocycles. The SMILES string of the molecule is CN(C)CC/C=C1/c2ccc(Cl)cc2OCCC1c1ccccc1.O=C(O)/C=C\C(=O)O. The van der Waals surface area contributed by atoms with Crippen molar-refractivity contribution in [3.05, 3.63) is 82.9 Å². The summed E-state index contributed by atoms with van der Waals surface area (Å²) in [5.41, 5.74) is 3.87. The molecule has 1 heterocycles. The molecule has 0 aromatic heterocycles. The van der Waals surface area contributed by atoms with Crippen LogP contribution in [0.1, 0.15) is 29.9 Å². The number of fused-ring (bicyclic) bond motifs is 1. The zero-order valence-corrected chi connectivity index (χ0v) is 19.0. The highest BCUT2D eigenvalue weighted by atomic mass is 35.5. The molecule has 0 bridgehead atoms. The van der Waals surface area contributed by atoms with Crippen molar-refractivity contribution in [1.29, 1.82) is 0 Å². The highest BCUT2D eigenvalue weighted by Gasteiger charge is 2.24. The van der Waals surface area contributed by atoms with Gasteiger partial charge in [0.15, 0.2) is 0 Å². The molecule has 0 saturated carbocycles. The number of ether oxygens (including phenoxy) is 1. The molecule has 2 aromatic rings. The second kappa shape index (κ2) is 12.7. The molecule has 3 rings (SSSR count). The summed E-state index contributed by atoms with van der Waals surface area (Å²) in [4.78, 5) is 21.3. The first kappa shape index (κ1) is 25.2. The predicted octanol–water partition coefficient (Wildman–Crippen LogP) is 4.95. The third kappa shape index (κ3) is 8.21. The van der Waals surface area contributed by atoms with Gasteiger partial charge < -0.3 is 19.8 Å². The number of benzene rings is 2. The minimum Gasteiger partial charge on any atom is -0.493 e. The van der Waals surface area contributed by atoms with Crippen molar-refractivity contribution in [3.8, 4) is 5.75 Å². The van der Waals surface area contributed by atoms with Crippen molar-refractivity contribution in [1.82, 2.24) is 4.90 Å². The molecule has 0 fully saturated rings. The number of aliphatic carboxylic acids is 2. The fourth-order valence-electron chi connectivity index (χ4n) is 3.39. The topological polar surface area (TPSA) is 87.1 Å². The van der Waals surface area contributed by atoms with Gasteiger partial charge in [-0.25, -0.2) is 9.59 Å². The van der Waals surface area contributed by atoms with Gasteiger partial charge in [0.05, 0.1) is 6.61 Å². The number of halogens is 1. The number of carboxylic acid groups (broad SMARTS) is 2. The van der Waals surface area contributed by atoms with E-state index in [1.807, 2.05) is 12.1 Å². The van der Waals surface area contributed by atoms with Crippen molar-refractivity contribution in [2.75, 3.05) is 27.2 Å². The second-order valence-corrected chi connectivity index (χ2v) is 7.94. The second-order valence-electron chi connectivity index (χ2n) is 7.50. The maximum Gasteiger partial charge on any atom is 0.328 e. The molecule has 6 nitrogen and oxygen atoms in total. The van der Waals surface area contributed by atoms with Crippen LogP contribution >= 0.6 is 11.6 Å². The van der Waals surface area contributed by atoms with E-state index in [0.29, 0.717) is 24.7 Å². The zero-order valence-electron chi connectivity index (χ0n) is 18.2. The maximum atomic E-state index is 9.55. The van der Waals surface area contributed by atoms with Crippen LogP contribution in [0.4, 0.5) is 0 Å². The van der Waals surface area contributed by atoms with E-state index in [4.69, 9.17) is 26.6 Å². The van der Waals surface area contributed by atoms with Crippen molar-refractivity contribution in [3.63, 3.8) is 0 Å². The van der Waals surface area contributed by atoms with Gasteiger partial charge in [-0.15, -0.1) is 0 Å². The Morgan fingerprint density at radius 3 is 2.34 bits per heavy atom. The number of carboxylic acids is 2. The van der Waals surface area contributed by atoms with Gasteiger partial charge >= 0.3 is 11.9 Å². The molecule has 0 aliphatic carbocycles. The standard InChI is InChI=1S/C21H24ClNO.C4H4O4/c1-23(2)13-6-9-19-18(16-7-4-3-5-8-16)12-14-24-21-15-17(22)10-11-20(19)21;5-3(6)1-2-4(7)8/h3-5,7-11,15,18H,6,12-14H2,1-2H3;1-2H,(H,5,6)(H,7,8)/b19-9+;2-1-. The van der Waals surface area contributed by atoms with Crippen molar-refractivity contribution in [2.45, 2.75) is 18.8 Å². The largest absolute Gasteiger partial charge is 0.493 e. The van der Waals surface area contributed by atoms with Crippen molar-refractivity contribution < 1.29 is 24.5 Å². The Kier molecular flexibility index (Phi) is 9.98. The molecule has 7 heteroatoms. The van der Waals surface area contributed by atoms with E-state index in [2.05, 4.69) is 61.5 Å². The Bertz CT molecular complexity index is 954. The lowest BCUT2D eigenvalue weighted by Gasteiger charge is -2.19. The number of carbonyl (C=O) groups is 2. The Morgan fingerprint density at radius 2 is 1.75 bits per heavy atom. The zero-order chi connectivity index (χ0) is 23.5. The first-order valence-corrected chi connectivity index (χ1v) is 10.6. The molecule has 1 atom stereocenters. The van der Waals surface area contributed by atoms with Gasteiger partial charge in [0, 0.05) is 35.2 Å². The van der Waals surface area contributed by atoms with E-state index in [1.165, 1.54) is 16.7 Å². The van der Waals surface area contributed by atoms with Gasteiger partial charge in [0.2, 0.25) is 0 Å². The van der Waals surface area contributed by atoms with Crippen LogP contribution in [0.2, 0.25) is 5.02 Å². The summed E-state index contributed by atoms with van der Waals surface area (Å²) in [6, 6.07) is 16.7. The van der Waals surface area contributed by atoms with E-state index in [9.17, 15) is 9.59 Å². The van der Waals surface area contributed by atoms with Crippen LogP contribution in [0, 0.1) is 0 Å². The molecule has 170 valence electrons. The van der Waals surface area contributed by atoms with E-state index in [0.717, 1.165) is 30.2 Å². The number of hydrogen-bond acceptors (Lipinski definition) is 4. The third-order valence-electron chi connectivity index (χ3n) is 4.81. The van der Waals surface area contributed by atoms with Crippen LogP contribution in [-0.4, -0.2) is 54.3 Å². The minimum absolute atomic E-state index is 0.357. The fourth-order valence-corrected chi connectivity index (χ4v) is 3.55. The van der Waals surface area contributed by atoms with Crippen LogP contribution < -0.4 is 4.74 Å². The Balaban J connectivity index is 0.000000390. The number of hydrogen-bond donors (Lipinski definition) is 2. The van der Waals surface area contributed by atoms with E-state index >= 15 is 0 Å². The molecular weight excluding hydrogens is 430 g/mol. The Labute approximate surface area is 193 Å². The number of allylic oxidation sites excluding steroid dienone is 1. The average molecular weight is 458 g/mol. The smallest absolute Gasteiger partial charge is 0.328 e. The fraction of sp³-hybridized carbons (Fsp3) is 0.280. The van der Waals surface area contributed by atoms with Crippen LogP contribution in [0.3, 0.4) is 0 Å². The normalized spacial score (nSPS) is 16.6. The van der Waals surface area contributed by atoms with Crippen LogP contribution in [0.15, 0.2) is 66.8 Å². The maximum absolute atomic E-state index is 9.55. The molecule has 0 saturated heterocycles. The van der Waals surface area contributed by atoms with Gasteiger partial charge in [0.25, 0.3) is 0 Å². The molecule has 2 aromatic carbocycles. The molecule has 0 radical (unpaired) electrons. The lowest BCUT2D eigenvalue weighted by Crippen LogP contribution is -2.12. The van der Waals surface area contributed by atoms with E-state index in [-0.39, 0.29) is 0 Å². The van der Waals surface area contributed by atoms with Crippen molar-refractivity contribution in [2.24, 2.45) is 0 Å². The van der Waals surface area contributed by atoms with E-state index < -0.39 is 11.9 Å². The number of rotatable bonds is 6. The molecule has 1 aliphatic rings. The van der Waals surface area contributed by atoms with Gasteiger partial charge in [0.1, 0.15) is 5.75 Å². The predicted molar refractivity (Wildman–Crippen MR) is 126 cm³/mol. The minimum atomic E-state index is -1.26. The average Bonchev–Trinajstić information content (AvgIpc) is 2.92. The monoisotopic (exact) mass is 457 g/mol. The quantitative estimate of drug-likeness (QED) is 0.596. The van der Waals surface area contributed by atoms with Gasteiger partial charge in [-0.2, -0.15) is 0 Å². The first-order valence-electron chi connectivity index (χ1n) is 10.2. The summed E-state index contributed by atoms with van der Waals surface area (Å²) < 4.78 is 6.00. The molecule has 32 heavy (non-hydrogen) atoms. The summed E-state index contributed by atoms with van der Waals surface area (Å²) in [5, 5.41) is 16.3. The van der Waals surface area contributed by atoms with Gasteiger partial charge in [-0.1, -0.05) is 48.0 Å². The van der Waals surface area contributed by atoms with E-state index in [1.54, 1.807) is 0 Å². The Hall–Kier alpha value is -3.09. The van der Waals surface area contributed by atoms with Crippen molar-refractivity contribution >= 4 is 29.1 Å². The van der Waals surface area contributed by atoms with Gasteiger partial charge in [-0.05, 0) is 56.3 Å². The summed E-state index contributed by atoms with van der Waals surface area (Å²) >= 11 is 6.17. The van der Waals surface area contributed by atoms with Crippen LogP contribution in [0.5, 0.6) is 5.75 Å². The summed E-state index contributed by atoms with van der Waals surface area (Å²) in [5.74, 6) is -1.26. The first-order chi connectivity index (χ1) is 15.3. The lowest BCUT2D eigenvalue weighted by molar-refractivity contribution is -0.134. The number of nitrogens with zero attached hydrogens (tertiary/aromatic N) is 1. The highest BCUT2D eigenvalue weighted by molar-refractivity contribution is 6.30. The molecule has 1 unspecified atom stereocenters. The highest BCUT2D eigenvalue weighted by Crippen LogP contribution is 2.42. The summed E-state index contributed by atoms with van der Waals surface area (Å²) in [7, 11) is 4.22. The van der Waals surface area contributed by atoms with Gasteiger partial charge in [-0.3, -0.25) is 0 Å². The molecule has 2 N–H and O–H groups in total. The van der Waals surface area contributed by atoms with Crippen LogP contribution in [-0.2, 0) is 9.59 Å². The molecule has 0 amide bonds. The van der Waals surface area contributed by atoms with Crippen LogP contribution in [0.25, 0.3) is 5.57 Å². The molecule has 0 spiro atoms. The summed E-state index contributed by atoms with van der Waals surface area (Å²) in [6.07, 6.45) is 5.49. The third-order valence-corrected chi connectivity index (χ3v) is 5.04.